The van der Waals surface area contributed by atoms with Crippen LogP contribution >= 0.6 is 0 Å². The predicted octanol–water partition coefficient (Wildman–Crippen LogP) is 1.56. The summed E-state index contributed by atoms with van der Waals surface area (Å²) in [5.74, 6) is -0.0122. The summed E-state index contributed by atoms with van der Waals surface area (Å²) in [4.78, 5) is 12.3. The maximum atomic E-state index is 12.3. The summed E-state index contributed by atoms with van der Waals surface area (Å²) in [7, 11) is 0. The summed E-state index contributed by atoms with van der Waals surface area (Å²) in [5.41, 5.74) is 3.80. The van der Waals surface area contributed by atoms with Gasteiger partial charge in [-0.1, -0.05) is 18.6 Å². The van der Waals surface area contributed by atoms with Crippen molar-refractivity contribution >= 4 is 5.91 Å². The Hall–Kier alpha value is -1.62. The van der Waals surface area contributed by atoms with Gasteiger partial charge in [0.1, 0.15) is 0 Å². The van der Waals surface area contributed by atoms with Crippen LogP contribution in [0, 0.1) is 13.8 Å². The van der Waals surface area contributed by atoms with Gasteiger partial charge in [0.15, 0.2) is 0 Å². The van der Waals surface area contributed by atoms with Gasteiger partial charge in [0.2, 0.25) is 0 Å². The minimum atomic E-state index is -0.0122. The van der Waals surface area contributed by atoms with E-state index in [-0.39, 0.29) is 5.91 Å². The quantitative estimate of drug-likeness (QED) is 0.802. The van der Waals surface area contributed by atoms with Crippen molar-refractivity contribution in [3.05, 3.63) is 28.6 Å². The topological polar surface area (TPSA) is 59.0 Å². The second kappa shape index (κ2) is 6.70. The number of hydrogen-bond donors (Lipinski definition) is 2. The van der Waals surface area contributed by atoms with E-state index < -0.39 is 0 Å². The lowest BCUT2D eigenvalue weighted by atomic mass is 10.1. The number of nitrogens with zero attached hydrogens (tertiary/aromatic N) is 2. The maximum Gasteiger partial charge on any atom is 0.255 e. The van der Waals surface area contributed by atoms with Gasteiger partial charge in [0.25, 0.3) is 5.91 Å². The first-order chi connectivity index (χ1) is 9.63. The van der Waals surface area contributed by atoms with Gasteiger partial charge in [0.05, 0.1) is 11.3 Å². The molecule has 1 aliphatic heterocycles. The highest BCUT2D eigenvalue weighted by Crippen LogP contribution is 2.13. The van der Waals surface area contributed by atoms with Crippen LogP contribution in [0.25, 0.3) is 0 Å². The molecule has 20 heavy (non-hydrogen) atoms. The Morgan fingerprint density at radius 3 is 2.95 bits per heavy atom. The minimum Gasteiger partial charge on any atom is -0.348 e. The van der Waals surface area contributed by atoms with Crippen LogP contribution in [0.15, 0.2) is 11.6 Å². The van der Waals surface area contributed by atoms with Crippen molar-refractivity contribution in [1.29, 1.82) is 0 Å². The average molecular weight is 276 g/mol. The Morgan fingerprint density at radius 1 is 1.50 bits per heavy atom. The van der Waals surface area contributed by atoms with E-state index in [1.54, 1.807) is 0 Å². The summed E-state index contributed by atoms with van der Waals surface area (Å²) < 4.78 is 1.92. The number of carbonyl (C=O) groups excluding carboxylic acids is 1. The van der Waals surface area contributed by atoms with Crippen LogP contribution < -0.4 is 10.6 Å². The van der Waals surface area contributed by atoms with E-state index in [1.165, 1.54) is 5.57 Å². The number of hydrogen-bond acceptors (Lipinski definition) is 3. The van der Waals surface area contributed by atoms with Crippen LogP contribution in [0.2, 0.25) is 0 Å². The largest absolute Gasteiger partial charge is 0.348 e. The molecule has 0 radical (unpaired) electrons. The van der Waals surface area contributed by atoms with Crippen LogP contribution in [0.3, 0.4) is 0 Å². The third-order valence-electron chi connectivity index (χ3n) is 3.68. The van der Waals surface area contributed by atoms with Crippen LogP contribution in [-0.4, -0.2) is 35.3 Å². The molecule has 0 aliphatic carbocycles. The lowest BCUT2D eigenvalue weighted by Crippen LogP contribution is -2.30. The van der Waals surface area contributed by atoms with Gasteiger partial charge in [-0.2, -0.15) is 5.10 Å². The number of aryl methyl sites for hydroxylation is 2. The molecule has 0 saturated carbocycles. The van der Waals surface area contributed by atoms with Gasteiger partial charge >= 0.3 is 0 Å². The SMILES string of the molecule is CCCn1nc(C)c(C(=O)NCC2=CCNCC2)c1C. The normalized spacial score (nSPS) is 15.1. The van der Waals surface area contributed by atoms with E-state index in [0.29, 0.717) is 6.54 Å². The molecule has 1 aromatic rings. The molecule has 5 heteroatoms. The first-order valence-electron chi connectivity index (χ1n) is 7.34. The zero-order valence-corrected chi connectivity index (χ0v) is 12.6. The highest BCUT2D eigenvalue weighted by molar-refractivity contribution is 5.96. The Kier molecular flexibility index (Phi) is 4.95. The van der Waals surface area contributed by atoms with E-state index in [9.17, 15) is 4.79 Å². The molecule has 0 bridgehead atoms. The third-order valence-corrected chi connectivity index (χ3v) is 3.68. The Bertz CT molecular complexity index is 516. The highest BCUT2D eigenvalue weighted by Gasteiger charge is 2.18. The minimum absolute atomic E-state index is 0.0122. The van der Waals surface area contributed by atoms with Crippen LogP contribution in [0.4, 0.5) is 0 Å². The van der Waals surface area contributed by atoms with Gasteiger partial charge in [-0.15, -0.1) is 0 Å². The third kappa shape index (κ3) is 3.28. The molecule has 1 amide bonds. The molecule has 0 spiro atoms. The predicted molar refractivity (Wildman–Crippen MR) is 79.9 cm³/mol. The molecule has 0 saturated heterocycles. The van der Waals surface area contributed by atoms with Crippen LogP contribution in [0.5, 0.6) is 0 Å². The second-order valence-electron chi connectivity index (χ2n) is 5.27. The fourth-order valence-corrected chi connectivity index (χ4v) is 2.57. The van der Waals surface area contributed by atoms with Crippen molar-refractivity contribution in [3.8, 4) is 0 Å². The molecule has 0 fully saturated rings. The molecule has 5 nitrogen and oxygen atoms in total. The van der Waals surface area contributed by atoms with Gasteiger partial charge in [-0.3, -0.25) is 9.48 Å². The van der Waals surface area contributed by atoms with Crippen molar-refractivity contribution in [1.82, 2.24) is 20.4 Å². The summed E-state index contributed by atoms with van der Waals surface area (Å²) in [6, 6.07) is 0. The van der Waals surface area contributed by atoms with Crippen molar-refractivity contribution in [2.24, 2.45) is 0 Å². The number of rotatable bonds is 5. The molecule has 1 aromatic heterocycles. The zero-order chi connectivity index (χ0) is 14.5. The fraction of sp³-hybridized carbons (Fsp3) is 0.600. The first-order valence-corrected chi connectivity index (χ1v) is 7.34. The molecular weight excluding hydrogens is 252 g/mol. The number of amides is 1. The highest BCUT2D eigenvalue weighted by atomic mass is 16.1. The molecule has 1 aliphatic rings. The fourth-order valence-electron chi connectivity index (χ4n) is 2.57. The Morgan fingerprint density at radius 2 is 2.30 bits per heavy atom. The summed E-state index contributed by atoms with van der Waals surface area (Å²) in [6.45, 7) is 9.37. The van der Waals surface area contributed by atoms with E-state index in [4.69, 9.17) is 0 Å². The van der Waals surface area contributed by atoms with E-state index >= 15 is 0 Å². The second-order valence-corrected chi connectivity index (χ2v) is 5.27. The van der Waals surface area contributed by atoms with Gasteiger partial charge in [-0.25, -0.2) is 0 Å². The number of carbonyl (C=O) groups is 1. The number of nitrogens with one attached hydrogen (secondary N) is 2. The average Bonchev–Trinajstić information content (AvgIpc) is 2.73. The van der Waals surface area contributed by atoms with E-state index in [2.05, 4.69) is 28.7 Å². The molecule has 2 heterocycles. The lowest BCUT2D eigenvalue weighted by molar-refractivity contribution is 0.0955. The molecule has 0 aromatic carbocycles. The van der Waals surface area contributed by atoms with Crippen molar-refractivity contribution in [3.63, 3.8) is 0 Å². The molecule has 2 rings (SSSR count). The van der Waals surface area contributed by atoms with Crippen molar-refractivity contribution < 1.29 is 4.79 Å². The van der Waals surface area contributed by atoms with E-state index in [0.717, 1.165) is 49.4 Å². The van der Waals surface area contributed by atoms with Gasteiger partial charge in [-0.05, 0) is 33.2 Å². The van der Waals surface area contributed by atoms with E-state index in [1.807, 2.05) is 18.5 Å². The van der Waals surface area contributed by atoms with Gasteiger partial charge < -0.3 is 10.6 Å². The molecule has 0 unspecified atom stereocenters. The zero-order valence-electron chi connectivity index (χ0n) is 12.6. The summed E-state index contributed by atoms with van der Waals surface area (Å²) in [6.07, 6.45) is 4.18. The molecule has 2 N–H and O–H groups in total. The Labute approximate surface area is 120 Å². The first kappa shape index (κ1) is 14.8. The maximum absolute atomic E-state index is 12.3. The summed E-state index contributed by atoms with van der Waals surface area (Å²) in [5, 5.41) is 10.7. The van der Waals surface area contributed by atoms with Crippen molar-refractivity contribution in [2.45, 2.75) is 40.2 Å². The standard InChI is InChI=1S/C15H24N4O/c1-4-9-19-12(3)14(11(2)18-19)15(20)17-10-13-5-7-16-8-6-13/h5,16H,4,6-10H2,1-3H3,(H,17,20). The van der Waals surface area contributed by atoms with Crippen LogP contribution in [-0.2, 0) is 6.54 Å². The smallest absolute Gasteiger partial charge is 0.255 e. The van der Waals surface area contributed by atoms with Crippen LogP contribution in [0.1, 0.15) is 41.5 Å². The van der Waals surface area contributed by atoms with Gasteiger partial charge in [0, 0.05) is 25.3 Å². The Balaban J connectivity index is 2.03. The lowest BCUT2D eigenvalue weighted by Gasteiger charge is -2.14. The summed E-state index contributed by atoms with van der Waals surface area (Å²) >= 11 is 0. The number of aromatic nitrogens is 2. The molecule has 0 atom stereocenters. The monoisotopic (exact) mass is 276 g/mol. The van der Waals surface area contributed by atoms with Crippen molar-refractivity contribution in [2.75, 3.05) is 19.6 Å². The molecule has 110 valence electrons. The molecular formula is C15H24N4O.